The van der Waals surface area contributed by atoms with Crippen LogP contribution in [-0.2, 0) is 4.74 Å². The minimum absolute atomic E-state index is 0.195. The highest BCUT2D eigenvalue weighted by molar-refractivity contribution is 5.96. The van der Waals surface area contributed by atoms with Gasteiger partial charge in [0.05, 0.1) is 6.61 Å². The van der Waals surface area contributed by atoms with Gasteiger partial charge in [0.1, 0.15) is 5.60 Å². The molecule has 0 spiro atoms. The van der Waals surface area contributed by atoms with Crippen molar-refractivity contribution < 1.29 is 14.6 Å². The van der Waals surface area contributed by atoms with E-state index in [1.54, 1.807) is 25.1 Å². The third-order valence-corrected chi connectivity index (χ3v) is 3.28. The van der Waals surface area contributed by atoms with E-state index in [9.17, 15) is 9.90 Å². The van der Waals surface area contributed by atoms with Crippen molar-refractivity contribution in [2.24, 2.45) is 0 Å². The number of carbonyl (C=O) groups excluding carboxylic acids is 1. The van der Waals surface area contributed by atoms with E-state index in [1.807, 2.05) is 0 Å². The van der Waals surface area contributed by atoms with Gasteiger partial charge in [-0.2, -0.15) is 0 Å². The van der Waals surface area contributed by atoms with Crippen LogP contribution in [0.2, 0.25) is 0 Å². The number of ether oxygens (including phenoxy) is 1. The van der Waals surface area contributed by atoms with Gasteiger partial charge in [-0.15, -0.1) is 0 Å². The second-order valence-corrected chi connectivity index (χ2v) is 4.73. The van der Waals surface area contributed by atoms with Gasteiger partial charge in [-0.3, -0.25) is 4.79 Å². The molecule has 1 aliphatic rings. The van der Waals surface area contributed by atoms with Crippen LogP contribution in [0.15, 0.2) is 18.2 Å². The Bertz CT molecular complexity index is 454. The van der Waals surface area contributed by atoms with Crippen LogP contribution in [0.3, 0.4) is 0 Å². The molecule has 1 amide bonds. The molecule has 1 heterocycles. The summed E-state index contributed by atoms with van der Waals surface area (Å²) in [6.07, 6.45) is 0.545. The second kappa shape index (κ2) is 4.96. The van der Waals surface area contributed by atoms with E-state index < -0.39 is 5.60 Å². The Morgan fingerprint density at radius 2 is 2.39 bits per heavy atom. The van der Waals surface area contributed by atoms with Crippen molar-refractivity contribution >= 4 is 11.6 Å². The molecule has 5 nitrogen and oxygen atoms in total. The normalized spacial score (nSPS) is 23.0. The second-order valence-electron chi connectivity index (χ2n) is 4.73. The molecule has 98 valence electrons. The fraction of sp³-hybridized carbons (Fsp3) is 0.462. The fourth-order valence-corrected chi connectivity index (χ4v) is 1.98. The minimum Gasteiger partial charge on any atom is -0.398 e. The molecular weight excluding hydrogens is 232 g/mol. The number of aliphatic hydroxyl groups is 1. The van der Waals surface area contributed by atoms with E-state index in [0.717, 1.165) is 5.56 Å². The quantitative estimate of drug-likeness (QED) is 0.680. The third kappa shape index (κ3) is 2.63. The first-order valence-electron chi connectivity index (χ1n) is 5.95. The first-order chi connectivity index (χ1) is 8.52. The van der Waals surface area contributed by atoms with Gasteiger partial charge >= 0.3 is 0 Å². The summed E-state index contributed by atoms with van der Waals surface area (Å²) >= 11 is 0. The highest BCUT2D eigenvalue weighted by Gasteiger charge is 2.32. The van der Waals surface area contributed by atoms with Gasteiger partial charge in [0, 0.05) is 30.8 Å². The Hall–Kier alpha value is -1.59. The van der Waals surface area contributed by atoms with E-state index in [1.165, 1.54) is 0 Å². The van der Waals surface area contributed by atoms with Crippen LogP contribution in [0.1, 0.15) is 22.3 Å². The number of nitrogens with two attached hydrogens (primary N) is 1. The van der Waals surface area contributed by atoms with Crippen molar-refractivity contribution in [3.63, 3.8) is 0 Å². The van der Waals surface area contributed by atoms with E-state index in [-0.39, 0.29) is 19.1 Å². The molecule has 0 radical (unpaired) electrons. The Balaban J connectivity index is 2.01. The van der Waals surface area contributed by atoms with E-state index in [0.29, 0.717) is 24.3 Å². The van der Waals surface area contributed by atoms with E-state index in [2.05, 4.69) is 5.32 Å². The average molecular weight is 250 g/mol. The predicted molar refractivity (Wildman–Crippen MR) is 68.3 cm³/mol. The molecular formula is C13H18N2O3. The molecule has 2 rings (SSSR count). The number of nitrogens with one attached hydrogen (secondary N) is 1. The van der Waals surface area contributed by atoms with Crippen LogP contribution < -0.4 is 11.1 Å². The molecule has 18 heavy (non-hydrogen) atoms. The summed E-state index contributed by atoms with van der Waals surface area (Å²) in [6, 6.07) is 5.21. The maximum Gasteiger partial charge on any atom is 0.251 e. The summed E-state index contributed by atoms with van der Waals surface area (Å²) in [5.41, 5.74) is 6.69. The van der Waals surface area contributed by atoms with Crippen molar-refractivity contribution in [1.29, 1.82) is 0 Å². The lowest BCUT2D eigenvalue weighted by atomic mass is 10.0. The van der Waals surface area contributed by atoms with Crippen molar-refractivity contribution in [2.75, 3.05) is 25.5 Å². The van der Waals surface area contributed by atoms with E-state index >= 15 is 0 Å². The first kappa shape index (κ1) is 12.9. The first-order valence-corrected chi connectivity index (χ1v) is 5.95. The van der Waals surface area contributed by atoms with Crippen molar-refractivity contribution in [1.82, 2.24) is 5.32 Å². The van der Waals surface area contributed by atoms with Crippen LogP contribution >= 0.6 is 0 Å². The smallest absolute Gasteiger partial charge is 0.251 e. The molecule has 4 N–H and O–H groups in total. The van der Waals surface area contributed by atoms with Crippen molar-refractivity contribution in [3.05, 3.63) is 29.3 Å². The van der Waals surface area contributed by atoms with Crippen LogP contribution in [-0.4, -0.2) is 36.4 Å². The van der Waals surface area contributed by atoms with Crippen molar-refractivity contribution in [2.45, 2.75) is 18.9 Å². The summed E-state index contributed by atoms with van der Waals surface area (Å²) in [5.74, 6) is -0.222. The molecule has 0 aliphatic carbocycles. The monoisotopic (exact) mass is 250 g/mol. The van der Waals surface area contributed by atoms with E-state index in [4.69, 9.17) is 10.5 Å². The molecule has 1 atom stereocenters. The van der Waals surface area contributed by atoms with Crippen LogP contribution in [0, 0.1) is 6.92 Å². The minimum atomic E-state index is -0.941. The SMILES string of the molecule is Cc1c(N)cccc1C(=O)NCC1(O)CCOC1. The fourth-order valence-electron chi connectivity index (χ4n) is 1.98. The zero-order valence-corrected chi connectivity index (χ0v) is 10.4. The molecule has 1 unspecified atom stereocenters. The van der Waals surface area contributed by atoms with Gasteiger partial charge in [0.25, 0.3) is 5.91 Å². The molecule has 0 saturated carbocycles. The maximum absolute atomic E-state index is 12.0. The zero-order valence-electron chi connectivity index (χ0n) is 10.4. The van der Waals surface area contributed by atoms with Crippen molar-refractivity contribution in [3.8, 4) is 0 Å². The number of hydrogen-bond donors (Lipinski definition) is 3. The van der Waals surface area contributed by atoms with Gasteiger partial charge in [0.2, 0.25) is 0 Å². The van der Waals surface area contributed by atoms with Crippen LogP contribution in [0.5, 0.6) is 0 Å². The topological polar surface area (TPSA) is 84.6 Å². The predicted octanol–water partition coefficient (Wildman–Crippen LogP) is 0.458. The highest BCUT2D eigenvalue weighted by atomic mass is 16.5. The molecule has 1 aromatic rings. The number of amides is 1. The third-order valence-electron chi connectivity index (χ3n) is 3.28. The van der Waals surface area contributed by atoms with Gasteiger partial charge in [-0.25, -0.2) is 0 Å². The molecule has 1 fully saturated rings. The van der Waals surface area contributed by atoms with Gasteiger partial charge in [-0.05, 0) is 24.6 Å². The average Bonchev–Trinajstić information content (AvgIpc) is 2.77. The van der Waals surface area contributed by atoms with Crippen LogP contribution in [0.25, 0.3) is 0 Å². The molecule has 1 aliphatic heterocycles. The number of rotatable bonds is 3. The summed E-state index contributed by atoms with van der Waals surface area (Å²) < 4.78 is 5.12. The van der Waals surface area contributed by atoms with Gasteiger partial charge in [0.15, 0.2) is 0 Å². The summed E-state index contributed by atoms with van der Waals surface area (Å²) in [4.78, 5) is 12.0. The largest absolute Gasteiger partial charge is 0.398 e. The number of carbonyl (C=O) groups is 1. The Morgan fingerprint density at radius 1 is 1.61 bits per heavy atom. The molecule has 0 aromatic heterocycles. The summed E-state index contributed by atoms with van der Waals surface area (Å²) in [7, 11) is 0. The van der Waals surface area contributed by atoms with Gasteiger partial charge < -0.3 is 20.9 Å². The number of benzene rings is 1. The summed E-state index contributed by atoms with van der Waals surface area (Å²) in [6.45, 7) is 2.80. The maximum atomic E-state index is 12.0. The molecule has 5 heteroatoms. The molecule has 1 saturated heterocycles. The number of anilines is 1. The number of hydrogen-bond acceptors (Lipinski definition) is 4. The lowest BCUT2D eigenvalue weighted by molar-refractivity contribution is 0.0264. The zero-order chi connectivity index (χ0) is 13.2. The number of nitrogen functional groups attached to an aromatic ring is 1. The highest BCUT2D eigenvalue weighted by Crippen LogP contribution is 2.18. The van der Waals surface area contributed by atoms with Gasteiger partial charge in [-0.1, -0.05) is 6.07 Å². The Labute approximate surface area is 106 Å². The molecule has 0 bridgehead atoms. The Morgan fingerprint density at radius 3 is 3.06 bits per heavy atom. The lowest BCUT2D eigenvalue weighted by Crippen LogP contribution is -2.43. The molecule has 1 aromatic carbocycles. The lowest BCUT2D eigenvalue weighted by Gasteiger charge is -2.21. The summed E-state index contributed by atoms with van der Waals surface area (Å²) in [5, 5.41) is 12.8. The standard InChI is InChI=1S/C13H18N2O3/c1-9-10(3-2-4-11(9)14)12(16)15-7-13(17)5-6-18-8-13/h2-4,17H,5-8,14H2,1H3,(H,15,16). The Kier molecular flexibility index (Phi) is 3.54. The van der Waals surface area contributed by atoms with Crippen LogP contribution in [0.4, 0.5) is 5.69 Å².